The van der Waals surface area contributed by atoms with Crippen LogP contribution < -0.4 is 5.32 Å². The van der Waals surface area contributed by atoms with E-state index in [1.165, 1.54) is 11.1 Å². The predicted molar refractivity (Wildman–Crippen MR) is 88.0 cm³/mol. The highest BCUT2D eigenvalue weighted by atomic mass is 16.1. The molecule has 0 heterocycles. The highest BCUT2D eigenvalue weighted by Crippen LogP contribution is 2.26. The van der Waals surface area contributed by atoms with Gasteiger partial charge in [-0.15, -0.1) is 0 Å². The second kappa shape index (κ2) is 7.26. The largest absolute Gasteiger partial charge is 0.350 e. The Morgan fingerprint density at radius 2 is 1.81 bits per heavy atom. The molecule has 1 N–H and O–H groups in total. The van der Waals surface area contributed by atoms with Gasteiger partial charge in [-0.1, -0.05) is 55.0 Å². The van der Waals surface area contributed by atoms with Crippen molar-refractivity contribution in [1.29, 1.82) is 0 Å². The van der Waals surface area contributed by atoms with Crippen LogP contribution >= 0.6 is 0 Å². The molecule has 1 aromatic carbocycles. The molecule has 112 valence electrons. The third-order valence-electron chi connectivity index (χ3n) is 3.69. The minimum Gasteiger partial charge on any atom is -0.350 e. The summed E-state index contributed by atoms with van der Waals surface area (Å²) in [6, 6.07) is 10.8. The molecule has 0 bridgehead atoms. The van der Waals surface area contributed by atoms with Gasteiger partial charge in [0.15, 0.2) is 0 Å². The fraction of sp³-hybridized carbons (Fsp3) is 0.421. The summed E-state index contributed by atoms with van der Waals surface area (Å²) in [4.78, 5) is 12.0. The molecule has 21 heavy (non-hydrogen) atoms. The highest BCUT2D eigenvalue weighted by Gasteiger charge is 2.17. The van der Waals surface area contributed by atoms with Gasteiger partial charge in [0.1, 0.15) is 0 Å². The monoisotopic (exact) mass is 283 g/mol. The highest BCUT2D eigenvalue weighted by molar-refractivity contribution is 5.95. The molecule has 1 unspecified atom stereocenters. The van der Waals surface area contributed by atoms with Gasteiger partial charge in [-0.25, -0.2) is 0 Å². The first-order valence-corrected chi connectivity index (χ1v) is 7.78. The van der Waals surface area contributed by atoms with Gasteiger partial charge in [-0.05, 0) is 44.6 Å². The Balaban J connectivity index is 1.80. The van der Waals surface area contributed by atoms with Crippen molar-refractivity contribution >= 4 is 5.91 Å². The van der Waals surface area contributed by atoms with Crippen molar-refractivity contribution in [3.63, 3.8) is 0 Å². The molecular formula is C19H25NO. The maximum absolute atomic E-state index is 12.0. The minimum atomic E-state index is 0.0759. The van der Waals surface area contributed by atoms with Crippen LogP contribution in [0.25, 0.3) is 0 Å². The molecule has 0 radical (unpaired) electrons. The fourth-order valence-corrected chi connectivity index (χ4v) is 2.77. The van der Waals surface area contributed by atoms with E-state index in [1.807, 2.05) is 19.9 Å². The Labute approximate surface area is 128 Å². The smallest absolute Gasteiger partial charge is 0.247 e. The third kappa shape index (κ3) is 4.89. The normalized spacial score (nSPS) is 15.6. The van der Waals surface area contributed by atoms with Crippen LogP contribution in [0.1, 0.15) is 39.2 Å². The third-order valence-corrected chi connectivity index (χ3v) is 3.69. The average molecular weight is 283 g/mol. The molecule has 1 atom stereocenters. The van der Waals surface area contributed by atoms with Crippen LogP contribution in [0.3, 0.4) is 0 Å². The first-order chi connectivity index (χ1) is 10.0. The molecule has 1 aliphatic rings. The van der Waals surface area contributed by atoms with E-state index >= 15 is 0 Å². The zero-order valence-electron chi connectivity index (χ0n) is 13.2. The minimum absolute atomic E-state index is 0.0759. The van der Waals surface area contributed by atoms with E-state index in [9.17, 15) is 4.79 Å². The van der Waals surface area contributed by atoms with Gasteiger partial charge in [0.25, 0.3) is 0 Å². The summed E-state index contributed by atoms with van der Waals surface area (Å²) in [5, 5.41) is 2.96. The summed E-state index contributed by atoms with van der Waals surface area (Å²) in [5.41, 5.74) is 3.65. The zero-order valence-corrected chi connectivity index (χ0v) is 13.2. The van der Waals surface area contributed by atoms with Gasteiger partial charge in [0.05, 0.1) is 0 Å². The van der Waals surface area contributed by atoms with Gasteiger partial charge in [-0.2, -0.15) is 0 Å². The number of allylic oxidation sites excluding steroid dienone is 3. The van der Waals surface area contributed by atoms with E-state index in [0.29, 0.717) is 5.92 Å². The standard InChI is InChI=1S/C19H25NO/c1-14(2)20-19(21)18-10-9-17(13-18)12-15(3)11-16-7-5-4-6-8-16/h4-10,14-15H,11-13H2,1-3H3,(H,20,21). The number of amides is 1. The summed E-state index contributed by atoms with van der Waals surface area (Å²) in [6.45, 7) is 6.26. The van der Waals surface area contributed by atoms with E-state index < -0.39 is 0 Å². The summed E-state index contributed by atoms with van der Waals surface area (Å²) in [7, 11) is 0. The molecule has 0 aliphatic heterocycles. The Bertz CT molecular complexity index is 540. The summed E-state index contributed by atoms with van der Waals surface area (Å²) in [5.74, 6) is 0.673. The van der Waals surface area contributed by atoms with E-state index in [4.69, 9.17) is 0 Å². The Kier molecular flexibility index (Phi) is 5.38. The molecule has 0 spiro atoms. The van der Waals surface area contributed by atoms with Crippen LogP contribution in [-0.2, 0) is 11.2 Å². The second-order valence-electron chi connectivity index (χ2n) is 6.32. The lowest BCUT2D eigenvalue weighted by atomic mass is 9.93. The van der Waals surface area contributed by atoms with Crippen LogP contribution in [0, 0.1) is 5.92 Å². The lowest BCUT2D eigenvalue weighted by Gasteiger charge is -2.14. The second-order valence-corrected chi connectivity index (χ2v) is 6.32. The molecule has 2 rings (SSSR count). The van der Waals surface area contributed by atoms with Gasteiger partial charge < -0.3 is 5.32 Å². The van der Waals surface area contributed by atoms with Crippen molar-refractivity contribution in [2.45, 2.75) is 46.1 Å². The maximum atomic E-state index is 12.0. The molecule has 0 saturated heterocycles. The molecule has 1 aliphatic carbocycles. The molecule has 2 nitrogen and oxygen atoms in total. The van der Waals surface area contributed by atoms with Crippen molar-refractivity contribution in [1.82, 2.24) is 5.32 Å². The number of hydrogen-bond acceptors (Lipinski definition) is 1. The molecule has 2 heteroatoms. The fourth-order valence-electron chi connectivity index (χ4n) is 2.77. The van der Waals surface area contributed by atoms with Gasteiger partial charge in [0, 0.05) is 11.6 Å². The number of rotatable bonds is 6. The van der Waals surface area contributed by atoms with E-state index in [2.05, 4.69) is 48.6 Å². The number of benzene rings is 1. The van der Waals surface area contributed by atoms with Crippen molar-refractivity contribution < 1.29 is 4.79 Å². The van der Waals surface area contributed by atoms with Crippen LogP contribution in [0.2, 0.25) is 0 Å². The maximum Gasteiger partial charge on any atom is 0.247 e. The van der Waals surface area contributed by atoms with Crippen LogP contribution in [0.4, 0.5) is 0 Å². The van der Waals surface area contributed by atoms with Crippen LogP contribution in [0.5, 0.6) is 0 Å². The Morgan fingerprint density at radius 1 is 1.10 bits per heavy atom. The Morgan fingerprint density at radius 3 is 2.48 bits per heavy atom. The number of hydrogen-bond donors (Lipinski definition) is 1. The first kappa shape index (κ1) is 15.6. The number of carbonyl (C=O) groups excluding carboxylic acids is 1. The summed E-state index contributed by atoms with van der Waals surface area (Å²) >= 11 is 0. The lowest BCUT2D eigenvalue weighted by molar-refractivity contribution is -0.118. The quantitative estimate of drug-likeness (QED) is 0.839. The molecule has 1 amide bonds. The van der Waals surface area contributed by atoms with Crippen molar-refractivity contribution in [2.75, 3.05) is 0 Å². The van der Waals surface area contributed by atoms with Gasteiger partial charge in [0.2, 0.25) is 5.91 Å². The SMILES string of the molecule is CC(CC1=CC=C(C(=O)NC(C)C)C1)Cc1ccccc1. The van der Waals surface area contributed by atoms with Gasteiger partial charge >= 0.3 is 0 Å². The lowest BCUT2D eigenvalue weighted by Crippen LogP contribution is -2.31. The van der Waals surface area contributed by atoms with Crippen molar-refractivity contribution in [3.05, 3.63) is 59.2 Å². The first-order valence-electron chi connectivity index (χ1n) is 7.78. The molecule has 1 aromatic rings. The summed E-state index contributed by atoms with van der Waals surface area (Å²) < 4.78 is 0. The van der Waals surface area contributed by atoms with E-state index in [1.54, 1.807) is 0 Å². The van der Waals surface area contributed by atoms with Crippen molar-refractivity contribution in [3.8, 4) is 0 Å². The molecular weight excluding hydrogens is 258 g/mol. The molecule has 0 aromatic heterocycles. The van der Waals surface area contributed by atoms with E-state index in [-0.39, 0.29) is 11.9 Å². The van der Waals surface area contributed by atoms with Crippen molar-refractivity contribution in [2.24, 2.45) is 5.92 Å². The predicted octanol–water partition coefficient (Wildman–Crippen LogP) is 4.04. The zero-order chi connectivity index (χ0) is 15.2. The molecule has 0 fully saturated rings. The number of nitrogens with one attached hydrogen (secondary N) is 1. The van der Waals surface area contributed by atoms with E-state index in [0.717, 1.165) is 24.8 Å². The topological polar surface area (TPSA) is 29.1 Å². The van der Waals surface area contributed by atoms with Gasteiger partial charge in [-0.3, -0.25) is 4.79 Å². The van der Waals surface area contributed by atoms with Crippen LogP contribution in [-0.4, -0.2) is 11.9 Å². The summed E-state index contributed by atoms with van der Waals surface area (Å²) in [6.07, 6.45) is 7.05. The van der Waals surface area contributed by atoms with Crippen LogP contribution in [0.15, 0.2) is 53.6 Å². The Hall–Kier alpha value is -1.83. The number of carbonyl (C=O) groups is 1. The average Bonchev–Trinajstić information content (AvgIpc) is 2.87. The molecule has 0 saturated carbocycles.